The van der Waals surface area contributed by atoms with Gasteiger partial charge in [0, 0.05) is 10.5 Å². The van der Waals surface area contributed by atoms with Crippen LogP contribution in [0.25, 0.3) is 0 Å². The van der Waals surface area contributed by atoms with E-state index in [1.807, 2.05) is 13.0 Å². The molecule has 0 aliphatic rings. The van der Waals surface area contributed by atoms with Gasteiger partial charge < -0.3 is 9.52 Å². The van der Waals surface area contributed by atoms with E-state index in [2.05, 4.69) is 36.6 Å². The summed E-state index contributed by atoms with van der Waals surface area (Å²) in [6.07, 6.45) is 0. The molecule has 0 unspecified atom stereocenters. The molecule has 0 radical (unpaired) electrons. The number of hydrogen-bond donors (Lipinski definition) is 2. The van der Waals surface area contributed by atoms with Crippen LogP contribution < -0.4 is 4.72 Å². The van der Waals surface area contributed by atoms with Gasteiger partial charge in [0.15, 0.2) is 4.67 Å². The standard InChI is InChI=1S/C12H9Br2NO5S/c1-6-2-3-7(13)8(4-6)15-21(18,19)10-5-9(12(16)17)20-11(10)14/h2-5,15H,1H3,(H,16,17). The second-order valence-electron chi connectivity index (χ2n) is 4.14. The van der Waals surface area contributed by atoms with E-state index in [-0.39, 0.29) is 9.56 Å². The van der Waals surface area contributed by atoms with Crippen LogP contribution in [0.2, 0.25) is 0 Å². The molecule has 0 bridgehead atoms. The third kappa shape index (κ3) is 3.47. The maximum atomic E-state index is 12.3. The van der Waals surface area contributed by atoms with E-state index < -0.39 is 21.8 Å². The second kappa shape index (κ2) is 5.82. The number of halogens is 2. The first-order valence-electron chi connectivity index (χ1n) is 5.52. The molecule has 1 heterocycles. The molecular weight excluding hydrogens is 430 g/mol. The monoisotopic (exact) mass is 437 g/mol. The van der Waals surface area contributed by atoms with Gasteiger partial charge in [-0.3, -0.25) is 4.72 Å². The lowest BCUT2D eigenvalue weighted by atomic mass is 10.2. The van der Waals surface area contributed by atoms with Crippen LogP contribution in [0, 0.1) is 6.92 Å². The normalized spacial score (nSPS) is 11.4. The molecule has 0 amide bonds. The van der Waals surface area contributed by atoms with Gasteiger partial charge in [0.1, 0.15) is 4.90 Å². The van der Waals surface area contributed by atoms with Crippen molar-refractivity contribution in [3.63, 3.8) is 0 Å². The van der Waals surface area contributed by atoms with Crippen LogP contribution in [0.4, 0.5) is 5.69 Å². The lowest BCUT2D eigenvalue weighted by Crippen LogP contribution is -2.13. The Morgan fingerprint density at radius 2 is 1.95 bits per heavy atom. The highest BCUT2D eigenvalue weighted by Crippen LogP contribution is 2.30. The highest BCUT2D eigenvalue weighted by atomic mass is 79.9. The van der Waals surface area contributed by atoms with Crippen molar-refractivity contribution in [2.45, 2.75) is 11.8 Å². The van der Waals surface area contributed by atoms with E-state index in [0.29, 0.717) is 10.2 Å². The molecule has 2 aromatic rings. The largest absolute Gasteiger partial charge is 0.475 e. The molecule has 1 aromatic heterocycles. The number of carboxylic acid groups (broad SMARTS) is 1. The molecule has 21 heavy (non-hydrogen) atoms. The average Bonchev–Trinajstić information content (AvgIpc) is 2.77. The molecule has 112 valence electrons. The van der Waals surface area contributed by atoms with Crippen LogP contribution in [-0.4, -0.2) is 19.5 Å². The van der Waals surface area contributed by atoms with Crippen molar-refractivity contribution >= 4 is 53.5 Å². The van der Waals surface area contributed by atoms with Crippen LogP contribution in [0.1, 0.15) is 16.1 Å². The Hall–Kier alpha value is -1.32. The van der Waals surface area contributed by atoms with Gasteiger partial charge in [0.05, 0.1) is 5.69 Å². The summed E-state index contributed by atoms with van der Waals surface area (Å²) in [6, 6.07) is 6.12. The Kier molecular flexibility index (Phi) is 4.45. The molecule has 0 atom stereocenters. The minimum Gasteiger partial charge on any atom is -0.475 e. The molecule has 2 N–H and O–H groups in total. The zero-order valence-electron chi connectivity index (χ0n) is 10.6. The lowest BCUT2D eigenvalue weighted by Gasteiger charge is -2.09. The Morgan fingerprint density at radius 3 is 2.52 bits per heavy atom. The van der Waals surface area contributed by atoms with Crippen LogP contribution in [0.15, 0.2) is 42.7 Å². The number of nitrogens with one attached hydrogen (secondary N) is 1. The molecule has 0 saturated heterocycles. The summed E-state index contributed by atoms with van der Waals surface area (Å²) < 4.78 is 32.2. The summed E-state index contributed by atoms with van der Waals surface area (Å²) in [6.45, 7) is 1.82. The van der Waals surface area contributed by atoms with Crippen LogP contribution in [-0.2, 0) is 10.0 Å². The summed E-state index contributed by atoms with van der Waals surface area (Å²) in [5.41, 5.74) is 1.22. The number of carbonyl (C=O) groups is 1. The fourth-order valence-electron chi connectivity index (χ4n) is 1.56. The van der Waals surface area contributed by atoms with Gasteiger partial charge >= 0.3 is 5.97 Å². The Bertz CT molecular complexity index is 813. The number of hydrogen-bond acceptors (Lipinski definition) is 4. The van der Waals surface area contributed by atoms with Gasteiger partial charge in [0.2, 0.25) is 5.76 Å². The van der Waals surface area contributed by atoms with Crippen molar-refractivity contribution in [2.24, 2.45) is 0 Å². The van der Waals surface area contributed by atoms with Crippen molar-refractivity contribution in [3.8, 4) is 0 Å². The van der Waals surface area contributed by atoms with E-state index in [1.54, 1.807) is 12.1 Å². The maximum Gasteiger partial charge on any atom is 0.371 e. The summed E-state index contributed by atoms with van der Waals surface area (Å²) in [5, 5.41) is 8.82. The maximum absolute atomic E-state index is 12.3. The Morgan fingerprint density at radius 1 is 1.29 bits per heavy atom. The fraction of sp³-hybridized carbons (Fsp3) is 0.0833. The highest BCUT2D eigenvalue weighted by molar-refractivity contribution is 9.10. The first-order valence-corrected chi connectivity index (χ1v) is 8.59. The molecule has 0 spiro atoms. The van der Waals surface area contributed by atoms with Crippen molar-refractivity contribution in [1.29, 1.82) is 0 Å². The number of rotatable bonds is 4. The van der Waals surface area contributed by atoms with Gasteiger partial charge in [-0.2, -0.15) is 0 Å². The summed E-state index contributed by atoms with van der Waals surface area (Å²) >= 11 is 6.15. The van der Waals surface area contributed by atoms with Gasteiger partial charge in [-0.1, -0.05) is 6.07 Å². The van der Waals surface area contributed by atoms with Crippen LogP contribution >= 0.6 is 31.9 Å². The Labute approximate surface area is 137 Å². The summed E-state index contributed by atoms with van der Waals surface area (Å²) in [4.78, 5) is 10.5. The van der Waals surface area contributed by atoms with Gasteiger partial charge in [-0.15, -0.1) is 0 Å². The third-order valence-electron chi connectivity index (χ3n) is 2.52. The molecule has 6 nitrogen and oxygen atoms in total. The van der Waals surface area contributed by atoms with Crippen LogP contribution in [0.3, 0.4) is 0 Å². The second-order valence-corrected chi connectivity index (χ2v) is 7.37. The third-order valence-corrected chi connectivity index (χ3v) is 5.44. The highest BCUT2D eigenvalue weighted by Gasteiger charge is 2.25. The molecule has 9 heteroatoms. The molecule has 0 aliphatic heterocycles. The number of sulfonamides is 1. The fourth-order valence-corrected chi connectivity index (χ4v) is 4.05. The first kappa shape index (κ1) is 16.1. The minimum atomic E-state index is -3.98. The predicted molar refractivity (Wildman–Crippen MR) is 83.1 cm³/mol. The van der Waals surface area contributed by atoms with Gasteiger partial charge in [-0.05, 0) is 56.5 Å². The van der Waals surface area contributed by atoms with Crippen molar-refractivity contribution in [1.82, 2.24) is 0 Å². The van der Waals surface area contributed by atoms with Gasteiger partial charge in [0.25, 0.3) is 10.0 Å². The summed E-state index contributed by atoms with van der Waals surface area (Å²) in [5.74, 6) is -1.82. The quantitative estimate of drug-likeness (QED) is 0.759. The molecule has 1 aromatic carbocycles. The zero-order chi connectivity index (χ0) is 15.8. The predicted octanol–water partition coefficient (Wildman–Crippen LogP) is 3.61. The number of carboxylic acids is 1. The van der Waals surface area contributed by atoms with Crippen molar-refractivity contribution in [3.05, 3.63) is 44.7 Å². The van der Waals surface area contributed by atoms with E-state index in [1.165, 1.54) is 0 Å². The number of aryl methyl sites for hydroxylation is 1. The first-order chi connectivity index (χ1) is 9.70. The molecule has 0 aliphatic carbocycles. The SMILES string of the molecule is Cc1ccc(Br)c(NS(=O)(=O)c2cc(C(=O)O)oc2Br)c1. The van der Waals surface area contributed by atoms with Crippen LogP contribution in [0.5, 0.6) is 0 Å². The zero-order valence-corrected chi connectivity index (χ0v) is 14.5. The van der Waals surface area contributed by atoms with E-state index >= 15 is 0 Å². The number of benzene rings is 1. The number of aromatic carboxylic acids is 1. The molecular formula is C12H9Br2NO5S. The minimum absolute atomic E-state index is 0.170. The van der Waals surface area contributed by atoms with Crippen molar-refractivity contribution < 1.29 is 22.7 Å². The molecule has 0 fully saturated rings. The van der Waals surface area contributed by atoms with E-state index in [9.17, 15) is 13.2 Å². The number of anilines is 1. The topological polar surface area (TPSA) is 96.6 Å². The van der Waals surface area contributed by atoms with E-state index in [0.717, 1.165) is 11.6 Å². The number of furan rings is 1. The van der Waals surface area contributed by atoms with Gasteiger partial charge in [-0.25, -0.2) is 13.2 Å². The van der Waals surface area contributed by atoms with Crippen molar-refractivity contribution in [2.75, 3.05) is 4.72 Å². The average molecular weight is 439 g/mol. The van der Waals surface area contributed by atoms with E-state index in [4.69, 9.17) is 9.52 Å². The molecule has 0 saturated carbocycles. The smallest absolute Gasteiger partial charge is 0.371 e. The molecule has 2 rings (SSSR count). The summed E-state index contributed by atoms with van der Waals surface area (Å²) in [7, 11) is -3.98. The lowest BCUT2D eigenvalue weighted by molar-refractivity contribution is 0.0661. The Balaban J connectivity index is 2.43.